The molecule has 0 spiro atoms. The highest BCUT2D eigenvalue weighted by Crippen LogP contribution is 2.35. The fraction of sp³-hybridized carbons (Fsp3) is 0.709. The number of likely N-dealkylation sites (N-methyl/N-ethyl adjacent to an activating group) is 2. The van der Waals surface area contributed by atoms with E-state index in [1.165, 1.54) is 60.0 Å². The lowest BCUT2D eigenvalue weighted by atomic mass is 9.76. The predicted molar refractivity (Wildman–Crippen MR) is 287 cm³/mol. The lowest BCUT2D eigenvalue weighted by molar-refractivity contribution is -0.146. The van der Waals surface area contributed by atoms with Crippen LogP contribution in [0.25, 0.3) is 0 Å². The Morgan fingerprint density at radius 1 is 0.553 bits per heavy atom. The van der Waals surface area contributed by atoms with Gasteiger partial charge in [-0.2, -0.15) is 0 Å². The van der Waals surface area contributed by atoms with Gasteiger partial charge in [0.05, 0.1) is 6.04 Å². The summed E-state index contributed by atoms with van der Waals surface area (Å²) in [4.78, 5) is 142. The van der Waals surface area contributed by atoms with Crippen LogP contribution in [-0.4, -0.2) is 172 Å². The molecule has 1 aromatic rings. The minimum absolute atomic E-state index is 0.0279. The van der Waals surface area contributed by atoms with E-state index in [4.69, 9.17) is 9.47 Å². The highest BCUT2D eigenvalue weighted by molar-refractivity contribution is 5.99. The summed E-state index contributed by atoms with van der Waals surface area (Å²) in [6, 6.07) is -1.09. The predicted octanol–water partition coefficient (Wildman–Crippen LogP) is 4.80. The first kappa shape index (κ1) is 64.0. The van der Waals surface area contributed by atoms with Crippen LogP contribution < -0.4 is 26.6 Å². The summed E-state index contributed by atoms with van der Waals surface area (Å²) in [5.41, 5.74) is -2.82. The van der Waals surface area contributed by atoms with E-state index >= 15 is 0 Å². The molecule has 21 nitrogen and oxygen atoms in total. The zero-order valence-electron chi connectivity index (χ0n) is 48.8. The first-order chi connectivity index (χ1) is 34.6. The lowest BCUT2D eigenvalue weighted by Gasteiger charge is -2.36. The maximum absolute atomic E-state index is 14.6. The first-order valence-electron chi connectivity index (χ1n) is 26.3. The second-order valence-electron chi connectivity index (χ2n) is 25.2. The van der Waals surface area contributed by atoms with Crippen LogP contribution in [-0.2, 0) is 38.2 Å². The Balaban J connectivity index is 1.80. The largest absolute Gasteiger partial charge is 0.444 e. The molecule has 2 aliphatic rings. The van der Waals surface area contributed by atoms with Crippen molar-refractivity contribution in [3.63, 3.8) is 0 Å². The van der Waals surface area contributed by atoms with Crippen LogP contribution in [0.1, 0.15) is 165 Å². The normalized spacial score (nSPS) is 19.7. The SMILES string of the molecule is CC(C)NC(=O)[C@@H]1C[C@H](NC(=O)c2ccc(C(=O)N[C@H]3C[C@@H](C(=O)NC(C)C)N(C(=O)[C@@H](NC(=O)[C@H](C)N(C)C(=O)OC(C)(C)C)C(C)(C)C)C3)cc2)CN1C(=O)[C@@H](CC(=O)[C@H](C)N(C)C(=O)OC(C)(C)C)C(C)(C)C. The third-order valence-electron chi connectivity index (χ3n) is 13.2. The Hall–Kier alpha value is -6.28. The number of hydrogen-bond donors (Lipinski definition) is 5. The van der Waals surface area contributed by atoms with Gasteiger partial charge in [-0.3, -0.25) is 43.3 Å². The van der Waals surface area contributed by atoms with Gasteiger partial charge in [-0.1, -0.05) is 41.5 Å². The molecule has 2 aliphatic heterocycles. The molecule has 8 atom stereocenters. The van der Waals surface area contributed by atoms with Crippen LogP contribution in [0.4, 0.5) is 9.59 Å². The van der Waals surface area contributed by atoms with E-state index in [9.17, 15) is 47.9 Å². The van der Waals surface area contributed by atoms with Crippen molar-refractivity contribution in [1.82, 2.24) is 46.2 Å². The molecule has 9 amide bonds. The number of Topliss-reactive ketones (excluding diaryl/α,β-unsaturated/α-hetero) is 1. The molecule has 0 unspecified atom stereocenters. The number of rotatable bonds is 17. The van der Waals surface area contributed by atoms with Crippen LogP contribution in [0, 0.1) is 16.7 Å². The number of hydrogen-bond acceptors (Lipinski definition) is 12. The number of ketones is 1. The van der Waals surface area contributed by atoms with Crippen LogP contribution in [0.5, 0.6) is 0 Å². The number of benzene rings is 1. The Bertz CT molecular complexity index is 2150. The molecule has 0 aliphatic carbocycles. The van der Waals surface area contributed by atoms with E-state index < -0.39 is 124 Å². The quantitative estimate of drug-likeness (QED) is 0.141. The molecule has 0 saturated carbocycles. The highest BCUT2D eigenvalue weighted by atomic mass is 16.6. The van der Waals surface area contributed by atoms with E-state index in [-0.39, 0.29) is 61.3 Å². The standard InChI is InChI=1S/C55H89N9O12/c1-30(2)56-46(69)39-25-36(28-63(39)48(71)38(52(7,8)9)27-41(65)32(5)61(19)50(73)75-54(13,14)15)58-44(67)34-21-23-35(24-22-34)45(68)59-37-26-40(47(70)57-31(3)4)64(29-37)49(72)42(53(10,11)12)60-43(66)33(6)62(20)51(74)76-55(16,17)18/h21-24,30-33,36-40,42H,25-29H2,1-20H3,(H,56,69)(H,57,70)(H,58,67)(H,59,68)(H,60,66)/t32-,33-,36-,37-,38+,39-,40-,42+/m0/s1. The molecule has 21 heteroatoms. The molecule has 76 heavy (non-hydrogen) atoms. The third kappa shape index (κ3) is 17.9. The molecular weight excluding hydrogens is 979 g/mol. The molecular formula is C55H89N9O12. The second kappa shape index (κ2) is 25.2. The first-order valence-corrected chi connectivity index (χ1v) is 26.3. The van der Waals surface area contributed by atoms with Crippen molar-refractivity contribution in [2.75, 3.05) is 27.2 Å². The van der Waals surface area contributed by atoms with Crippen molar-refractivity contribution in [1.29, 1.82) is 0 Å². The zero-order valence-corrected chi connectivity index (χ0v) is 48.8. The van der Waals surface area contributed by atoms with Crippen molar-refractivity contribution >= 4 is 59.3 Å². The van der Waals surface area contributed by atoms with Gasteiger partial charge in [-0.25, -0.2) is 9.59 Å². The zero-order chi connectivity index (χ0) is 58.3. The highest BCUT2D eigenvalue weighted by Gasteiger charge is 2.48. The summed E-state index contributed by atoms with van der Waals surface area (Å²) < 4.78 is 10.9. The topological polar surface area (TPSA) is 262 Å². The Labute approximate surface area is 450 Å². The van der Waals surface area contributed by atoms with Crippen molar-refractivity contribution in [2.24, 2.45) is 16.7 Å². The van der Waals surface area contributed by atoms with Crippen LogP contribution in [0.3, 0.4) is 0 Å². The fourth-order valence-corrected chi connectivity index (χ4v) is 8.73. The molecule has 426 valence electrons. The molecule has 0 aromatic heterocycles. The van der Waals surface area contributed by atoms with Crippen LogP contribution >= 0.6 is 0 Å². The summed E-state index contributed by atoms with van der Waals surface area (Å²) in [7, 11) is 2.88. The average molecular weight is 1070 g/mol. The molecule has 3 rings (SSSR count). The van der Waals surface area contributed by atoms with Crippen LogP contribution in [0.2, 0.25) is 0 Å². The van der Waals surface area contributed by atoms with Gasteiger partial charge in [0.15, 0.2) is 5.78 Å². The number of ether oxygens (including phenoxy) is 2. The Kier molecular flexibility index (Phi) is 21.3. The third-order valence-corrected chi connectivity index (χ3v) is 13.2. The fourth-order valence-electron chi connectivity index (χ4n) is 8.73. The van der Waals surface area contributed by atoms with Crippen molar-refractivity contribution in [3.05, 3.63) is 35.4 Å². The summed E-state index contributed by atoms with van der Waals surface area (Å²) in [6.45, 7) is 31.2. The minimum Gasteiger partial charge on any atom is -0.444 e. The summed E-state index contributed by atoms with van der Waals surface area (Å²) in [5.74, 6) is -4.77. The molecule has 5 N–H and O–H groups in total. The van der Waals surface area contributed by atoms with Crippen molar-refractivity contribution < 1.29 is 57.4 Å². The number of nitrogens with zero attached hydrogens (tertiary/aromatic N) is 4. The molecule has 0 radical (unpaired) electrons. The minimum atomic E-state index is -1.14. The summed E-state index contributed by atoms with van der Waals surface area (Å²) >= 11 is 0. The van der Waals surface area contributed by atoms with Crippen molar-refractivity contribution in [3.8, 4) is 0 Å². The van der Waals surface area contributed by atoms with Gasteiger partial charge in [-0.15, -0.1) is 0 Å². The average Bonchev–Trinajstić information content (AvgIpc) is 3.91. The molecule has 2 heterocycles. The van der Waals surface area contributed by atoms with Gasteiger partial charge in [0, 0.05) is 74.8 Å². The summed E-state index contributed by atoms with van der Waals surface area (Å²) in [5, 5.41) is 14.4. The van der Waals surface area contributed by atoms with E-state index in [1.54, 1.807) is 96.9 Å². The van der Waals surface area contributed by atoms with Gasteiger partial charge < -0.3 is 50.8 Å². The van der Waals surface area contributed by atoms with E-state index in [2.05, 4.69) is 26.6 Å². The van der Waals surface area contributed by atoms with Gasteiger partial charge >= 0.3 is 12.2 Å². The molecule has 0 bridgehead atoms. The Morgan fingerprint density at radius 2 is 0.921 bits per heavy atom. The second-order valence-corrected chi connectivity index (χ2v) is 25.2. The molecule has 2 fully saturated rings. The number of nitrogens with one attached hydrogen (secondary N) is 5. The number of carbonyl (C=O) groups excluding carboxylic acids is 10. The van der Waals surface area contributed by atoms with Crippen molar-refractivity contribution in [2.45, 2.75) is 209 Å². The van der Waals surface area contributed by atoms with Gasteiger partial charge in [0.1, 0.15) is 35.4 Å². The molecule has 2 saturated heterocycles. The lowest BCUT2D eigenvalue weighted by Crippen LogP contribution is -2.60. The molecule has 1 aromatic carbocycles. The monoisotopic (exact) mass is 1070 g/mol. The van der Waals surface area contributed by atoms with E-state index in [1.807, 2.05) is 20.8 Å². The Morgan fingerprint density at radius 3 is 1.26 bits per heavy atom. The number of amides is 9. The van der Waals surface area contributed by atoms with Gasteiger partial charge in [0.25, 0.3) is 11.8 Å². The maximum atomic E-state index is 14.6. The van der Waals surface area contributed by atoms with E-state index in [0.29, 0.717) is 0 Å². The van der Waals surface area contributed by atoms with E-state index in [0.717, 1.165) is 4.90 Å². The maximum Gasteiger partial charge on any atom is 0.410 e. The summed E-state index contributed by atoms with van der Waals surface area (Å²) in [6.07, 6.45) is -1.48. The van der Waals surface area contributed by atoms with Gasteiger partial charge in [-0.05, 0) is 131 Å². The number of likely N-dealkylation sites (tertiary alicyclic amines) is 2. The van der Waals surface area contributed by atoms with Gasteiger partial charge in [0.2, 0.25) is 29.5 Å². The number of carbonyl (C=O) groups is 10. The van der Waals surface area contributed by atoms with Crippen LogP contribution in [0.15, 0.2) is 24.3 Å². The smallest absolute Gasteiger partial charge is 0.410 e.